The van der Waals surface area contributed by atoms with Gasteiger partial charge in [-0.25, -0.2) is 0 Å². The molecule has 10 atom stereocenters. The summed E-state index contributed by atoms with van der Waals surface area (Å²) in [6.45, 7) is 18.1. The van der Waals surface area contributed by atoms with Gasteiger partial charge in [0.15, 0.2) is 6.29 Å². The Labute approximate surface area is 143 Å². The topological polar surface area (TPSA) is 27.7 Å². The minimum absolute atomic E-state index is 0.100. The molecule has 23 heavy (non-hydrogen) atoms. The molecule has 2 heterocycles. The summed E-state index contributed by atoms with van der Waals surface area (Å²) in [7, 11) is 0. The largest absolute Gasteiger partial charge is 0.372 e. The Morgan fingerprint density at radius 3 is 1.83 bits per heavy atom. The molecule has 2 saturated heterocycles. The van der Waals surface area contributed by atoms with Crippen LogP contribution in [0.5, 0.6) is 0 Å². The Hall–Kier alpha value is -0.120. The van der Waals surface area contributed by atoms with Crippen LogP contribution in [0.1, 0.15) is 68.2 Å². The van der Waals surface area contributed by atoms with E-state index in [2.05, 4.69) is 55.4 Å². The summed E-state index contributed by atoms with van der Waals surface area (Å²) >= 11 is 0. The van der Waals surface area contributed by atoms with Crippen LogP contribution in [0.3, 0.4) is 0 Å². The molecule has 0 aliphatic carbocycles. The molecule has 3 nitrogen and oxygen atoms in total. The van der Waals surface area contributed by atoms with E-state index in [1.807, 2.05) is 0 Å². The molecule has 3 heteroatoms. The summed E-state index contributed by atoms with van der Waals surface area (Å²) in [5, 5.41) is 0. The van der Waals surface area contributed by atoms with Crippen molar-refractivity contribution in [3.8, 4) is 0 Å². The van der Waals surface area contributed by atoms with Crippen LogP contribution in [0.2, 0.25) is 0 Å². The highest BCUT2D eigenvalue weighted by Crippen LogP contribution is 2.40. The molecule has 0 bridgehead atoms. The van der Waals surface area contributed by atoms with Gasteiger partial charge in [0, 0.05) is 5.92 Å². The maximum atomic E-state index is 6.58. The molecule has 2 aliphatic rings. The standard InChI is InChI=1S/C20H38O3/c1-9-17-13(5)11(3)15(7)20(22-17)23-19-14(6)12(4)16(8)21-18(19)10-2/h11-20H,9-10H2,1-8H3. The monoisotopic (exact) mass is 326 g/mol. The van der Waals surface area contributed by atoms with Gasteiger partial charge in [0.05, 0.1) is 24.4 Å². The highest BCUT2D eigenvalue weighted by molar-refractivity contribution is 4.89. The van der Waals surface area contributed by atoms with Gasteiger partial charge in [-0.1, -0.05) is 48.5 Å². The van der Waals surface area contributed by atoms with E-state index in [0.29, 0.717) is 41.8 Å². The summed E-state index contributed by atoms with van der Waals surface area (Å²) in [6.07, 6.45) is 2.88. The van der Waals surface area contributed by atoms with Crippen LogP contribution in [0.15, 0.2) is 0 Å². The highest BCUT2D eigenvalue weighted by Gasteiger charge is 2.45. The van der Waals surface area contributed by atoms with Crippen LogP contribution in [0, 0.1) is 29.6 Å². The Morgan fingerprint density at radius 1 is 0.652 bits per heavy atom. The Balaban J connectivity index is 2.11. The molecule has 0 spiro atoms. The van der Waals surface area contributed by atoms with E-state index in [9.17, 15) is 0 Å². The molecule has 0 aromatic heterocycles. The van der Waals surface area contributed by atoms with Crippen LogP contribution in [0.25, 0.3) is 0 Å². The van der Waals surface area contributed by atoms with Crippen LogP contribution in [-0.4, -0.2) is 30.7 Å². The van der Waals surface area contributed by atoms with Crippen molar-refractivity contribution in [1.29, 1.82) is 0 Å². The average Bonchev–Trinajstić information content (AvgIpc) is 2.55. The van der Waals surface area contributed by atoms with Crippen molar-refractivity contribution in [3.05, 3.63) is 0 Å². The zero-order valence-corrected chi connectivity index (χ0v) is 16.4. The molecule has 0 aromatic rings. The smallest absolute Gasteiger partial charge is 0.161 e. The molecular weight excluding hydrogens is 288 g/mol. The van der Waals surface area contributed by atoms with E-state index in [4.69, 9.17) is 14.2 Å². The lowest BCUT2D eigenvalue weighted by molar-refractivity contribution is -0.299. The molecule has 0 radical (unpaired) electrons. The fourth-order valence-electron chi connectivity index (χ4n) is 4.35. The molecule has 2 aliphatic heterocycles. The number of rotatable bonds is 4. The van der Waals surface area contributed by atoms with Crippen molar-refractivity contribution in [2.24, 2.45) is 29.6 Å². The van der Waals surface area contributed by atoms with Crippen molar-refractivity contribution >= 4 is 0 Å². The first-order chi connectivity index (χ1) is 10.8. The third-order valence-electron chi connectivity index (χ3n) is 6.92. The molecular formula is C20H38O3. The first-order valence-electron chi connectivity index (χ1n) is 9.78. The summed E-state index contributed by atoms with van der Waals surface area (Å²) in [6, 6.07) is 0. The lowest BCUT2D eigenvalue weighted by Crippen LogP contribution is -2.54. The summed E-state index contributed by atoms with van der Waals surface area (Å²) in [5.41, 5.74) is 0. The fraction of sp³-hybridized carbons (Fsp3) is 1.00. The predicted octanol–water partition coefficient (Wildman–Crippen LogP) is 4.88. The number of ether oxygens (including phenoxy) is 3. The van der Waals surface area contributed by atoms with E-state index in [-0.39, 0.29) is 18.5 Å². The second kappa shape index (κ2) is 7.84. The Morgan fingerprint density at radius 2 is 1.26 bits per heavy atom. The second-order valence-corrected chi connectivity index (χ2v) is 8.14. The molecule has 136 valence electrons. The van der Waals surface area contributed by atoms with Crippen LogP contribution < -0.4 is 0 Å². The van der Waals surface area contributed by atoms with Gasteiger partial charge in [-0.2, -0.15) is 0 Å². The van der Waals surface area contributed by atoms with Gasteiger partial charge in [-0.3, -0.25) is 0 Å². The van der Waals surface area contributed by atoms with E-state index in [0.717, 1.165) is 12.8 Å². The minimum atomic E-state index is -0.100. The number of hydrogen-bond donors (Lipinski definition) is 0. The van der Waals surface area contributed by atoms with E-state index in [1.165, 1.54) is 0 Å². The van der Waals surface area contributed by atoms with E-state index < -0.39 is 0 Å². The predicted molar refractivity (Wildman–Crippen MR) is 94.3 cm³/mol. The zero-order chi connectivity index (χ0) is 17.3. The third-order valence-corrected chi connectivity index (χ3v) is 6.92. The molecule has 0 N–H and O–H groups in total. The van der Waals surface area contributed by atoms with Crippen molar-refractivity contribution in [2.75, 3.05) is 0 Å². The fourth-order valence-corrected chi connectivity index (χ4v) is 4.35. The van der Waals surface area contributed by atoms with Gasteiger partial charge in [0.25, 0.3) is 0 Å². The lowest BCUT2D eigenvalue weighted by Gasteiger charge is -2.48. The Bertz CT molecular complexity index is 368. The van der Waals surface area contributed by atoms with Crippen molar-refractivity contribution in [1.82, 2.24) is 0 Å². The normalized spacial score (nSPS) is 51.7. The quantitative estimate of drug-likeness (QED) is 0.736. The van der Waals surface area contributed by atoms with E-state index in [1.54, 1.807) is 0 Å². The highest BCUT2D eigenvalue weighted by atomic mass is 16.7. The SMILES string of the molecule is CCC1OC(OC2C(CC)OC(C)C(C)C2C)C(C)C(C)C1C. The molecule has 2 rings (SSSR count). The van der Waals surface area contributed by atoms with E-state index >= 15 is 0 Å². The maximum absolute atomic E-state index is 6.58. The first-order valence-corrected chi connectivity index (χ1v) is 9.78. The van der Waals surface area contributed by atoms with Crippen molar-refractivity contribution in [3.63, 3.8) is 0 Å². The van der Waals surface area contributed by atoms with Gasteiger partial charge >= 0.3 is 0 Å². The lowest BCUT2D eigenvalue weighted by atomic mass is 9.77. The van der Waals surface area contributed by atoms with Gasteiger partial charge in [0.2, 0.25) is 0 Å². The van der Waals surface area contributed by atoms with Gasteiger partial charge in [0.1, 0.15) is 0 Å². The van der Waals surface area contributed by atoms with Crippen LogP contribution in [-0.2, 0) is 14.2 Å². The molecule has 0 amide bonds. The molecule has 2 fully saturated rings. The minimum Gasteiger partial charge on any atom is -0.372 e. The summed E-state index contributed by atoms with van der Waals surface area (Å²) in [5.74, 6) is 2.65. The third kappa shape index (κ3) is 3.77. The second-order valence-electron chi connectivity index (χ2n) is 8.14. The van der Waals surface area contributed by atoms with Gasteiger partial charge < -0.3 is 14.2 Å². The average molecular weight is 327 g/mol. The van der Waals surface area contributed by atoms with Crippen LogP contribution >= 0.6 is 0 Å². The maximum Gasteiger partial charge on any atom is 0.161 e. The van der Waals surface area contributed by atoms with Gasteiger partial charge in [-0.15, -0.1) is 0 Å². The number of hydrogen-bond acceptors (Lipinski definition) is 3. The van der Waals surface area contributed by atoms with Gasteiger partial charge in [-0.05, 0) is 43.4 Å². The molecule has 10 unspecified atom stereocenters. The summed E-state index contributed by atoms with van der Waals surface area (Å²) in [4.78, 5) is 0. The van der Waals surface area contributed by atoms with Crippen LogP contribution in [0.4, 0.5) is 0 Å². The van der Waals surface area contributed by atoms with Crippen molar-refractivity contribution < 1.29 is 14.2 Å². The summed E-state index contributed by atoms with van der Waals surface area (Å²) < 4.78 is 19.2. The molecule has 0 aromatic carbocycles. The Kier molecular flexibility index (Phi) is 6.55. The zero-order valence-electron chi connectivity index (χ0n) is 16.4. The molecule has 0 saturated carbocycles. The van der Waals surface area contributed by atoms with Crippen molar-refractivity contribution in [2.45, 2.75) is 98.9 Å². The first kappa shape index (κ1) is 19.2.